The highest BCUT2D eigenvalue weighted by atomic mass is 19.4. The molecule has 1 aromatic carbocycles. The van der Waals surface area contributed by atoms with Gasteiger partial charge in [0.15, 0.2) is 6.39 Å². The van der Waals surface area contributed by atoms with Gasteiger partial charge in [-0.15, -0.1) is 9.38 Å². The lowest BCUT2D eigenvalue weighted by molar-refractivity contribution is -0.516. The summed E-state index contributed by atoms with van der Waals surface area (Å²) in [5, 5.41) is 2.86. The minimum atomic E-state index is -4.78. The number of H-pyrrole nitrogens is 1. The van der Waals surface area contributed by atoms with E-state index in [9.17, 15) is 22.8 Å². The van der Waals surface area contributed by atoms with Gasteiger partial charge < -0.3 is 14.7 Å². The van der Waals surface area contributed by atoms with Crippen molar-refractivity contribution in [1.82, 2.24) is 24.3 Å². The van der Waals surface area contributed by atoms with Gasteiger partial charge in [0.1, 0.15) is 17.9 Å². The Kier molecular flexibility index (Phi) is 5.46. The van der Waals surface area contributed by atoms with Crippen LogP contribution in [-0.2, 0) is 19.3 Å². The Balaban J connectivity index is 1.80. The van der Waals surface area contributed by atoms with Crippen molar-refractivity contribution >= 4 is 11.6 Å². The number of pyridine rings is 1. The molecule has 4 aromatic heterocycles. The van der Waals surface area contributed by atoms with Crippen molar-refractivity contribution < 1.29 is 22.0 Å². The van der Waals surface area contributed by atoms with Crippen LogP contribution < -0.4 is 21.4 Å². The second-order valence-electron chi connectivity index (χ2n) is 7.89. The van der Waals surface area contributed by atoms with E-state index in [-0.39, 0.29) is 17.2 Å². The molecule has 0 fully saturated rings. The lowest BCUT2D eigenvalue weighted by Crippen LogP contribution is -2.44. The van der Waals surface area contributed by atoms with E-state index in [2.05, 4.69) is 19.5 Å². The molecule has 0 aliphatic rings. The van der Waals surface area contributed by atoms with E-state index in [4.69, 9.17) is 5.73 Å². The number of aromatic nitrogens is 6. The molecule has 5 rings (SSSR count). The minimum absolute atomic E-state index is 0.174. The first-order valence-electron chi connectivity index (χ1n) is 10.8. The lowest BCUT2D eigenvalue weighted by Gasteiger charge is -2.10. The molecule has 10 nitrogen and oxygen atoms in total. The van der Waals surface area contributed by atoms with E-state index in [1.54, 1.807) is 36.5 Å². The Morgan fingerprint density at radius 2 is 1.86 bits per heavy atom. The molecule has 0 radical (unpaired) electrons. The Morgan fingerprint density at radius 3 is 2.56 bits per heavy atom. The van der Waals surface area contributed by atoms with E-state index >= 15 is 0 Å². The molecular formula is C23H19F3N7O3+. The zero-order valence-corrected chi connectivity index (χ0v) is 18.8. The van der Waals surface area contributed by atoms with E-state index in [0.717, 1.165) is 9.08 Å². The number of hydrogen-bond acceptors (Lipinski definition) is 6. The van der Waals surface area contributed by atoms with Crippen LogP contribution in [0.2, 0.25) is 0 Å². The number of aryl methyl sites for hydroxylation is 1. The quantitative estimate of drug-likeness (QED) is 0.358. The van der Waals surface area contributed by atoms with Crippen LogP contribution in [0.1, 0.15) is 18.4 Å². The number of nitrogen functional groups attached to an aromatic ring is 1. The molecule has 0 aliphatic heterocycles. The molecular weight excluding hydrogens is 479 g/mol. The van der Waals surface area contributed by atoms with Crippen LogP contribution in [0.15, 0.2) is 69.1 Å². The van der Waals surface area contributed by atoms with Gasteiger partial charge in [-0.2, -0.15) is 17.9 Å². The number of nitrogens with zero attached hydrogens (tertiary/aromatic N) is 5. The number of oxazole rings is 1. The molecule has 0 aliphatic carbocycles. The topological polar surface area (TPSA) is 129 Å². The number of rotatable bonds is 5. The maximum absolute atomic E-state index is 13.3. The maximum atomic E-state index is 13.3. The van der Waals surface area contributed by atoms with Crippen LogP contribution >= 0.6 is 0 Å². The number of anilines is 1. The number of nitrogens with one attached hydrogen (secondary N) is 1. The zero-order valence-electron chi connectivity index (χ0n) is 18.8. The van der Waals surface area contributed by atoms with Crippen LogP contribution in [0, 0.1) is 0 Å². The summed E-state index contributed by atoms with van der Waals surface area (Å²) in [4.78, 5) is 33.5. The first-order chi connectivity index (χ1) is 17.2. The SMILES string of the molecule is CCn1cc(-c2c(-c3ccccc3)nc(N)[n+]3c(=O)n(Cc4ncoc4C(F)(F)F)[nH]c23)ccc1=O. The van der Waals surface area contributed by atoms with E-state index in [1.165, 1.54) is 10.6 Å². The Labute approximate surface area is 200 Å². The molecule has 0 saturated heterocycles. The Hall–Kier alpha value is -4.68. The minimum Gasteiger partial charge on any atom is -0.438 e. The van der Waals surface area contributed by atoms with Crippen molar-refractivity contribution in [2.45, 2.75) is 26.2 Å². The van der Waals surface area contributed by atoms with Crippen molar-refractivity contribution in [1.29, 1.82) is 0 Å². The molecule has 0 saturated carbocycles. The van der Waals surface area contributed by atoms with Gasteiger partial charge in [-0.1, -0.05) is 30.3 Å². The highest BCUT2D eigenvalue weighted by molar-refractivity contribution is 5.88. The fourth-order valence-corrected chi connectivity index (χ4v) is 4.03. The molecule has 0 amide bonds. The van der Waals surface area contributed by atoms with E-state index in [1.807, 2.05) is 13.0 Å². The third-order valence-corrected chi connectivity index (χ3v) is 5.68. The van der Waals surface area contributed by atoms with Crippen molar-refractivity contribution in [3.05, 3.63) is 87.3 Å². The van der Waals surface area contributed by atoms with Crippen LogP contribution in [0.5, 0.6) is 0 Å². The van der Waals surface area contributed by atoms with Gasteiger partial charge in [0.25, 0.3) is 5.56 Å². The number of aromatic amines is 1. The van der Waals surface area contributed by atoms with Gasteiger partial charge in [0.05, 0.1) is 5.56 Å². The summed E-state index contributed by atoms with van der Waals surface area (Å²) in [5.74, 6) is -1.48. The van der Waals surface area contributed by atoms with Crippen molar-refractivity contribution in [2.24, 2.45) is 0 Å². The average molecular weight is 498 g/mol. The molecule has 4 heterocycles. The number of alkyl halides is 3. The first kappa shape index (κ1) is 23.1. The number of halogens is 3. The van der Waals surface area contributed by atoms with Gasteiger partial charge in [-0.3, -0.25) is 4.79 Å². The van der Waals surface area contributed by atoms with E-state index < -0.39 is 29.9 Å². The Bertz CT molecular complexity index is 1700. The summed E-state index contributed by atoms with van der Waals surface area (Å²) < 4.78 is 47.9. The number of nitrogens with two attached hydrogens (primary N) is 1. The predicted molar refractivity (Wildman–Crippen MR) is 122 cm³/mol. The molecule has 0 spiro atoms. The van der Waals surface area contributed by atoms with Crippen molar-refractivity contribution in [3.8, 4) is 22.4 Å². The summed E-state index contributed by atoms with van der Waals surface area (Å²) in [6.07, 6.45) is -2.49. The van der Waals surface area contributed by atoms with Gasteiger partial charge in [0.2, 0.25) is 11.4 Å². The smallest absolute Gasteiger partial charge is 0.438 e. The third kappa shape index (κ3) is 3.83. The van der Waals surface area contributed by atoms with Gasteiger partial charge in [-0.25, -0.2) is 14.9 Å². The van der Waals surface area contributed by atoms with Gasteiger partial charge in [0, 0.05) is 29.9 Å². The van der Waals surface area contributed by atoms with Gasteiger partial charge >= 0.3 is 17.8 Å². The van der Waals surface area contributed by atoms with Crippen LogP contribution in [0.25, 0.3) is 28.0 Å². The number of hydrogen-bond donors (Lipinski definition) is 2. The molecule has 0 bridgehead atoms. The summed E-state index contributed by atoms with van der Waals surface area (Å²) >= 11 is 0. The fourth-order valence-electron chi connectivity index (χ4n) is 4.03. The second-order valence-corrected chi connectivity index (χ2v) is 7.89. The van der Waals surface area contributed by atoms with Crippen LogP contribution in [-0.4, -0.2) is 24.3 Å². The third-order valence-electron chi connectivity index (χ3n) is 5.68. The monoisotopic (exact) mass is 498 g/mol. The summed E-state index contributed by atoms with van der Waals surface area (Å²) in [7, 11) is 0. The zero-order chi connectivity index (χ0) is 25.6. The molecule has 36 heavy (non-hydrogen) atoms. The number of benzene rings is 1. The van der Waals surface area contributed by atoms with Crippen molar-refractivity contribution in [2.75, 3.05) is 5.73 Å². The maximum Gasteiger partial charge on any atom is 0.451 e. The average Bonchev–Trinajstić information content (AvgIpc) is 3.45. The molecule has 3 N–H and O–H groups in total. The van der Waals surface area contributed by atoms with Crippen LogP contribution in [0.3, 0.4) is 0 Å². The normalized spacial score (nSPS) is 11.9. The fraction of sp³-hybridized carbons (Fsp3) is 0.174. The highest BCUT2D eigenvalue weighted by Gasteiger charge is 2.39. The van der Waals surface area contributed by atoms with Gasteiger partial charge in [-0.05, 0) is 13.0 Å². The predicted octanol–water partition coefficient (Wildman–Crippen LogP) is 2.46. The summed E-state index contributed by atoms with van der Waals surface area (Å²) in [5.41, 5.74) is 6.97. The first-order valence-corrected chi connectivity index (χ1v) is 10.8. The molecule has 0 atom stereocenters. The molecule has 184 valence electrons. The molecule has 0 unspecified atom stereocenters. The standard InChI is InChI=1S/C23H18F3N7O3/c1-2-31-10-14(8-9-16(31)34)17-18(13-6-4-3-5-7-13)29-21(27)33-20(17)30-32(22(33)35)11-15-19(23(24,25)26)36-12-28-15/h3-10,12H,2,11H2,1H3,(H2,27,29,30)/p+1. The molecule has 5 aromatic rings. The van der Waals surface area contributed by atoms with E-state index in [0.29, 0.717) is 35.3 Å². The molecule has 13 heteroatoms. The van der Waals surface area contributed by atoms with Crippen LogP contribution in [0.4, 0.5) is 19.1 Å². The second kappa shape index (κ2) is 8.52. The highest BCUT2D eigenvalue weighted by Crippen LogP contribution is 2.33. The Morgan fingerprint density at radius 1 is 1.11 bits per heavy atom. The van der Waals surface area contributed by atoms with Crippen molar-refractivity contribution in [3.63, 3.8) is 0 Å². The summed E-state index contributed by atoms with van der Waals surface area (Å²) in [6, 6.07) is 12.0. The largest absolute Gasteiger partial charge is 0.451 e. The number of fused-ring (bicyclic) bond motifs is 1. The lowest BCUT2D eigenvalue weighted by atomic mass is 10.0. The summed E-state index contributed by atoms with van der Waals surface area (Å²) in [6.45, 7) is 1.65.